The summed E-state index contributed by atoms with van der Waals surface area (Å²) >= 11 is 8.91. The van der Waals surface area contributed by atoms with Crippen LogP contribution in [0.3, 0.4) is 0 Å². The van der Waals surface area contributed by atoms with Gasteiger partial charge in [-0.25, -0.2) is 21.6 Å². The first-order chi connectivity index (χ1) is 19.4. The fourth-order valence-corrected chi connectivity index (χ4v) is 7.00. The van der Waals surface area contributed by atoms with Gasteiger partial charge in [0.05, 0.1) is 43.8 Å². The summed E-state index contributed by atoms with van der Waals surface area (Å²) in [7, 11) is -2.60. The van der Waals surface area contributed by atoms with Crippen LogP contribution >= 0.6 is 27.5 Å². The molecule has 42 heavy (non-hydrogen) atoms. The van der Waals surface area contributed by atoms with Gasteiger partial charge in [0.2, 0.25) is 0 Å². The number of nitrogens with zero attached hydrogens (tertiary/aromatic N) is 3. The number of anilines is 1. The minimum atomic E-state index is -3.82. The molecule has 16 heteroatoms. The number of nitro groups is 1. The van der Waals surface area contributed by atoms with Gasteiger partial charge in [0.25, 0.3) is 15.7 Å². The highest BCUT2D eigenvalue weighted by atomic mass is 79.9. The van der Waals surface area contributed by atoms with Crippen LogP contribution in [-0.4, -0.2) is 43.3 Å². The minimum Gasteiger partial charge on any atom is -0.494 e. The second-order valence-corrected chi connectivity index (χ2v) is 14.9. The molecule has 1 heterocycles. The van der Waals surface area contributed by atoms with Crippen molar-refractivity contribution in [1.29, 1.82) is 0 Å². The largest absolute Gasteiger partial charge is 0.494 e. The molecule has 0 radical (unpaired) electrons. The van der Waals surface area contributed by atoms with Gasteiger partial charge in [0.15, 0.2) is 9.84 Å². The lowest BCUT2D eigenvalue weighted by Crippen LogP contribution is -2.19. The Hall–Kier alpha value is -3.40. The Labute approximate surface area is 256 Å². The van der Waals surface area contributed by atoms with Crippen molar-refractivity contribution in [3.63, 3.8) is 0 Å². The van der Waals surface area contributed by atoms with Crippen LogP contribution in [0.2, 0.25) is 5.02 Å². The number of hydrogen-bond donors (Lipinski definition) is 1. The Morgan fingerprint density at radius 1 is 1.00 bits per heavy atom. The fraction of sp³-hybridized carbons (Fsp3) is 0.269. The first kappa shape index (κ1) is 33.1. The monoisotopic (exact) mass is 702 g/mol. The summed E-state index contributed by atoms with van der Waals surface area (Å²) in [6.45, 7) is 4.74. The standard InChI is InChI=1S/C17H18BrN3O4S.C9H10ClNO4S/c1-10-7-11(18)5-6-16(10)26(23,24)19-12-8-13-14(9-15(12)25-4)21(3)17(22)20(13)2;1-6(2)16(14,15)7-3-4-8(10)9(5-7)11(12)13/h5-9,19H,1-4H3;3-6H,1-2H3. The molecule has 0 fully saturated rings. The summed E-state index contributed by atoms with van der Waals surface area (Å²) in [5.74, 6) is 0.331. The summed E-state index contributed by atoms with van der Waals surface area (Å²) in [5, 5.41) is 9.89. The van der Waals surface area contributed by atoms with Crippen LogP contribution in [-0.2, 0) is 34.0 Å². The Bertz CT molecular complexity index is 1970. The lowest BCUT2D eigenvalue weighted by molar-refractivity contribution is -0.384. The summed E-state index contributed by atoms with van der Waals surface area (Å²) in [6.07, 6.45) is 0. The van der Waals surface area contributed by atoms with E-state index in [0.717, 1.165) is 10.5 Å². The van der Waals surface area contributed by atoms with Gasteiger partial charge in [-0.05, 0) is 62.7 Å². The fourth-order valence-electron chi connectivity index (χ4n) is 3.97. The van der Waals surface area contributed by atoms with Crippen molar-refractivity contribution >= 4 is 69.8 Å². The summed E-state index contributed by atoms with van der Waals surface area (Å²) < 4.78 is 60.8. The molecule has 0 spiro atoms. The number of benzene rings is 3. The molecule has 0 saturated carbocycles. The molecule has 4 rings (SSSR count). The molecule has 0 bridgehead atoms. The molecule has 0 aliphatic carbocycles. The second-order valence-electron chi connectivity index (χ2n) is 9.42. The molecule has 3 aromatic carbocycles. The number of imidazole rings is 1. The quantitative estimate of drug-likeness (QED) is 0.203. The van der Waals surface area contributed by atoms with E-state index in [2.05, 4.69) is 20.7 Å². The van der Waals surface area contributed by atoms with Crippen LogP contribution in [0.15, 0.2) is 67.6 Å². The Morgan fingerprint density at radius 3 is 2.12 bits per heavy atom. The smallest absolute Gasteiger partial charge is 0.328 e. The van der Waals surface area contributed by atoms with Crippen molar-refractivity contribution in [1.82, 2.24) is 9.13 Å². The van der Waals surface area contributed by atoms with E-state index >= 15 is 0 Å². The lowest BCUT2D eigenvalue weighted by atomic mass is 10.2. The number of rotatable bonds is 7. The zero-order valence-electron chi connectivity index (χ0n) is 23.4. The normalized spacial score (nSPS) is 11.7. The van der Waals surface area contributed by atoms with Crippen molar-refractivity contribution in [2.24, 2.45) is 14.1 Å². The Morgan fingerprint density at radius 2 is 1.60 bits per heavy atom. The maximum absolute atomic E-state index is 12.8. The SMILES string of the molecule is CC(C)S(=O)(=O)c1ccc(Cl)c([N+](=O)[O-])c1.COc1cc2c(cc1NS(=O)(=O)c1ccc(Br)cc1C)n(C)c(=O)n2C. The van der Waals surface area contributed by atoms with Crippen LogP contribution in [0.4, 0.5) is 11.4 Å². The predicted molar refractivity (Wildman–Crippen MR) is 165 cm³/mol. The third-order valence-corrected chi connectivity index (χ3v) is 10.8. The van der Waals surface area contributed by atoms with Crippen LogP contribution in [0.25, 0.3) is 11.0 Å². The molecule has 0 saturated heterocycles. The van der Waals surface area contributed by atoms with Gasteiger partial charge in [-0.3, -0.25) is 24.0 Å². The highest BCUT2D eigenvalue weighted by Crippen LogP contribution is 2.32. The van der Waals surface area contributed by atoms with Gasteiger partial charge < -0.3 is 4.74 Å². The van der Waals surface area contributed by atoms with Crippen LogP contribution in [0.5, 0.6) is 5.75 Å². The minimum absolute atomic E-state index is 0.0762. The van der Waals surface area contributed by atoms with Crippen molar-refractivity contribution in [3.8, 4) is 5.75 Å². The number of aromatic nitrogens is 2. The van der Waals surface area contributed by atoms with E-state index in [0.29, 0.717) is 22.3 Å². The van der Waals surface area contributed by atoms with E-state index in [-0.39, 0.29) is 26.2 Å². The average molecular weight is 704 g/mol. The van der Waals surface area contributed by atoms with E-state index in [1.807, 2.05) is 0 Å². The van der Waals surface area contributed by atoms with E-state index in [4.69, 9.17) is 16.3 Å². The number of sulfone groups is 1. The van der Waals surface area contributed by atoms with E-state index < -0.39 is 35.7 Å². The van der Waals surface area contributed by atoms with Gasteiger partial charge in [-0.1, -0.05) is 27.5 Å². The number of halogens is 2. The van der Waals surface area contributed by atoms with E-state index in [1.165, 1.54) is 48.3 Å². The number of sulfonamides is 1. The molecule has 12 nitrogen and oxygen atoms in total. The molecule has 0 amide bonds. The van der Waals surface area contributed by atoms with Crippen LogP contribution in [0.1, 0.15) is 19.4 Å². The highest BCUT2D eigenvalue weighted by molar-refractivity contribution is 9.10. The van der Waals surface area contributed by atoms with Crippen molar-refractivity contribution in [2.45, 2.75) is 35.8 Å². The summed E-state index contributed by atoms with van der Waals surface area (Å²) in [5.41, 5.74) is 1.53. The molecule has 0 aliphatic heterocycles. The molecule has 1 N–H and O–H groups in total. The number of hydrogen-bond acceptors (Lipinski definition) is 8. The third-order valence-electron chi connectivity index (χ3n) is 6.33. The molecule has 0 aliphatic rings. The van der Waals surface area contributed by atoms with Gasteiger partial charge in [-0.2, -0.15) is 0 Å². The maximum Gasteiger partial charge on any atom is 0.328 e. The van der Waals surface area contributed by atoms with Gasteiger partial charge in [0, 0.05) is 30.7 Å². The van der Waals surface area contributed by atoms with Gasteiger partial charge in [0.1, 0.15) is 10.8 Å². The first-order valence-electron chi connectivity index (χ1n) is 12.1. The maximum atomic E-state index is 12.8. The molecule has 226 valence electrons. The van der Waals surface area contributed by atoms with E-state index in [9.17, 15) is 31.7 Å². The first-order valence-corrected chi connectivity index (χ1v) is 16.3. The highest BCUT2D eigenvalue weighted by Gasteiger charge is 2.24. The number of nitro benzene ring substituents is 1. The molecule has 0 atom stereocenters. The number of aryl methyl sites for hydroxylation is 3. The molecule has 4 aromatic rings. The Kier molecular flexibility index (Phi) is 9.82. The molecule has 0 unspecified atom stereocenters. The average Bonchev–Trinajstić information content (AvgIpc) is 3.11. The van der Waals surface area contributed by atoms with Gasteiger partial charge in [-0.15, -0.1) is 0 Å². The second kappa shape index (κ2) is 12.5. The summed E-state index contributed by atoms with van der Waals surface area (Å²) in [4.78, 5) is 22.1. The molecular weight excluding hydrogens is 676 g/mol. The zero-order chi connectivity index (χ0) is 31.7. The third kappa shape index (κ3) is 6.64. The lowest BCUT2D eigenvalue weighted by Gasteiger charge is -2.14. The van der Waals surface area contributed by atoms with Crippen molar-refractivity contribution in [2.75, 3.05) is 11.8 Å². The topological polar surface area (TPSA) is 160 Å². The predicted octanol–water partition coefficient (Wildman–Crippen LogP) is 5.19. The van der Waals surface area contributed by atoms with E-state index in [1.54, 1.807) is 45.3 Å². The van der Waals surface area contributed by atoms with Crippen molar-refractivity contribution in [3.05, 3.63) is 84.2 Å². The molecule has 1 aromatic heterocycles. The van der Waals surface area contributed by atoms with Crippen LogP contribution in [0, 0.1) is 17.0 Å². The van der Waals surface area contributed by atoms with Crippen LogP contribution < -0.4 is 15.1 Å². The summed E-state index contributed by atoms with van der Waals surface area (Å²) in [6, 6.07) is 11.6. The number of fused-ring (bicyclic) bond motifs is 1. The van der Waals surface area contributed by atoms with Gasteiger partial charge >= 0.3 is 5.69 Å². The number of methoxy groups -OCH3 is 1. The Balaban J connectivity index is 0.000000260. The number of ether oxygens (including phenoxy) is 1. The number of nitrogens with one attached hydrogen (secondary N) is 1. The zero-order valence-corrected chi connectivity index (χ0v) is 27.4. The molecular formula is C26H28BrClN4O8S2. The van der Waals surface area contributed by atoms with Crippen molar-refractivity contribution < 1.29 is 26.5 Å².